The first-order valence-electron chi connectivity index (χ1n) is 12.9. The fraction of sp³-hybridized carbons (Fsp3) is 0.188. The van der Waals surface area contributed by atoms with Crippen LogP contribution < -0.4 is 10.6 Å². The molecule has 37 heavy (non-hydrogen) atoms. The Morgan fingerprint density at radius 2 is 0.784 bits per heavy atom. The summed E-state index contributed by atoms with van der Waals surface area (Å²) in [6.07, 6.45) is 1.86. The van der Waals surface area contributed by atoms with Crippen molar-refractivity contribution in [2.45, 2.75) is 24.2 Å². The highest BCUT2D eigenvalue weighted by Gasteiger charge is 2.32. The van der Waals surface area contributed by atoms with Crippen molar-refractivity contribution in [2.24, 2.45) is 9.98 Å². The summed E-state index contributed by atoms with van der Waals surface area (Å²) in [4.78, 5) is 10.3. The molecule has 0 spiro atoms. The van der Waals surface area contributed by atoms with Gasteiger partial charge in [0.1, 0.15) is 23.8 Å². The Labute approximate surface area is 220 Å². The maximum Gasteiger partial charge on any atom is 0.102 e. The number of amidine groups is 2. The van der Waals surface area contributed by atoms with Crippen LogP contribution in [0.1, 0.15) is 46.4 Å². The van der Waals surface area contributed by atoms with E-state index in [1.807, 2.05) is 0 Å². The fourth-order valence-corrected chi connectivity index (χ4v) is 6.24. The van der Waals surface area contributed by atoms with E-state index in [0.717, 1.165) is 24.0 Å². The van der Waals surface area contributed by atoms with Crippen molar-refractivity contribution >= 4 is 20.3 Å². The third-order valence-electron chi connectivity index (χ3n) is 7.05. The number of hydrogen-bond acceptors (Lipinski definition) is 4. The molecule has 5 atom stereocenters. The van der Waals surface area contributed by atoms with Crippen LogP contribution in [-0.2, 0) is 0 Å². The maximum absolute atomic E-state index is 5.16. The smallest absolute Gasteiger partial charge is 0.102 e. The number of nitrogens with one attached hydrogen (secondary N) is 2. The van der Waals surface area contributed by atoms with E-state index in [0.29, 0.717) is 8.58 Å². The van der Waals surface area contributed by atoms with E-state index in [9.17, 15) is 0 Å². The van der Waals surface area contributed by atoms with Crippen LogP contribution >= 0.6 is 8.58 Å². The number of benzene rings is 4. The predicted octanol–water partition coefficient (Wildman–Crippen LogP) is 6.63. The summed E-state index contributed by atoms with van der Waals surface area (Å²) in [7, 11) is 0.703. The van der Waals surface area contributed by atoms with Gasteiger partial charge in [-0.25, -0.2) is 0 Å². The summed E-state index contributed by atoms with van der Waals surface area (Å²) in [6.45, 7) is 0. The largest absolute Gasteiger partial charge is 0.364 e. The van der Waals surface area contributed by atoms with Gasteiger partial charge in [0, 0.05) is 12.3 Å². The molecule has 4 aromatic rings. The highest BCUT2D eigenvalue weighted by atomic mass is 31.1. The van der Waals surface area contributed by atoms with Gasteiger partial charge in [-0.15, -0.1) is 8.58 Å². The van der Waals surface area contributed by atoms with Crippen LogP contribution in [0, 0.1) is 0 Å². The normalized spacial score (nSPS) is 22.9. The van der Waals surface area contributed by atoms with Crippen LogP contribution in [0.2, 0.25) is 0 Å². The standard InChI is InChI=1S/C32H31N4P/c1-5-13-23(14-6-1)29-30(24-15-7-2-8-16-24)34-27(33-29)21-37-22-28-35-31(25-17-9-3-10-18-25)32(36-28)26-19-11-4-12-20-26/h1-20,29-32,37H,21-22H2,(H,33,34)(H,35,36)/t29-,30+,31-,32+. The molecule has 4 nitrogen and oxygen atoms in total. The van der Waals surface area contributed by atoms with Crippen LogP contribution in [0.3, 0.4) is 0 Å². The van der Waals surface area contributed by atoms with Gasteiger partial charge in [0.2, 0.25) is 0 Å². The minimum atomic E-state index is 0.0928. The number of nitrogens with zero attached hydrogens (tertiary/aromatic N) is 2. The lowest BCUT2D eigenvalue weighted by Crippen LogP contribution is -2.27. The molecule has 1 unspecified atom stereocenters. The van der Waals surface area contributed by atoms with Gasteiger partial charge in [0.25, 0.3) is 0 Å². The first-order valence-corrected chi connectivity index (χ1v) is 14.3. The minimum absolute atomic E-state index is 0.0928. The molecule has 0 fully saturated rings. The molecule has 184 valence electrons. The lowest BCUT2D eigenvalue weighted by Gasteiger charge is -2.20. The average molecular weight is 503 g/mol. The lowest BCUT2D eigenvalue weighted by molar-refractivity contribution is 0.572. The van der Waals surface area contributed by atoms with Gasteiger partial charge >= 0.3 is 0 Å². The molecular formula is C32H31N4P. The van der Waals surface area contributed by atoms with Crippen molar-refractivity contribution < 1.29 is 0 Å². The monoisotopic (exact) mass is 502 g/mol. The molecule has 4 aromatic carbocycles. The van der Waals surface area contributed by atoms with Crippen molar-refractivity contribution in [1.82, 2.24) is 10.6 Å². The zero-order valence-electron chi connectivity index (χ0n) is 20.7. The zero-order chi connectivity index (χ0) is 24.9. The second kappa shape index (κ2) is 11.1. The van der Waals surface area contributed by atoms with Crippen molar-refractivity contribution in [2.75, 3.05) is 12.3 Å². The summed E-state index contributed by atoms with van der Waals surface area (Å²) in [6, 6.07) is 43.1. The highest BCUT2D eigenvalue weighted by Crippen LogP contribution is 2.38. The average Bonchev–Trinajstić information content (AvgIpc) is 3.60. The minimum Gasteiger partial charge on any atom is -0.364 e. The van der Waals surface area contributed by atoms with E-state index in [1.165, 1.54) is 22.3 Å². The van der Waals surface area contributed by atoms with Crippen molar-refractivity contribution in [1.29, 1.82) is 0 Å². The van der Waals surface area contributed by atoms with Gasteiger partial charge in [-0.2, -0.15) is 0 Å². The van der Waals surface area contributed by atoms with E-state index in [2.05, 4.69) is 132 Å². The molecule has 0 aromatic heterocycles. The molecule has 0 amide bonds. The van der Waals surface area contributed by atoms with Crippen molar-refractivity contribution in [3.05, 3.63) is 144 Å². The molecule has 0 saturated heterocycles. The molecule has 2 heterocycles. The Balaban J connectivity index is 1.15. The summed E-state index contributed by atoms with van der Waals surface area (Å²) in [5.41, 5.74) is 5.05. The van der Waals surface area contributed by atoms with Gasteiger partial charge in [-0.1, -0.05) is 121 Å². The topological polar surface area (TPSA) is 48.8 Å². The van der Waals surface area contributed by atoms with Crippen LogP contribution in [0.15, 0.2) is 131 Å². The molecule has 2 N–H and O–H groups in total. The summed E-state index contributed by atoms with van der Waals surface area (Å²) < 4.78 is 0. The quantitative estimate of drug-likeness (QED) is 0.266. The molecule has 2 aliphatic heterocycles. The van der Waals surface area contributed by atoms with Gasteiger partial charge in [-0.05, 0) is 22.3 Å². The summed E-state index contributed by atoms with van der Waals surface area (Å²) in [5.74, 6) is 2.19. The molecule has 0 bridgehead atoms. The Morgan fingerprint density at radius 1 is 0.459 bits per heavy atom. The number of aliphatic imine (C=N–C) groups is 2. The molecule has 0 radical (unpaired) electrons. The van der Waals surface area contributed by atoms with Crippen LogP contribution in [0.4, 0.5) is 0 Å². The highest BCUT2D eigenvalue weighted by molar-refractivity contribution is 7.40. The Kier molecular flexibility index (Phi) is 7.10. The van der Waals surface area contributed by atoms with E-state index >= 15 is 0 Å². The molecule has 6 rings (SSSR count). The van der Waals surface area contributed by atoms with Gasteiger partial charge in [-0.3, -0.25) is 9.98 Å². The fourth-order valence-electron chi connectivity index (χ4n) is 5.26. The lowest BCUT2D eigenvalue weighted by atomic mass is 9.95. The van der Waals surface area contributed by atoms with E-state index in [4.69, 9.17) is 9.98 Å². The Morgan fingerprint density at radius 3 is 1.14 bits per heavy atom. The molecule has 0 saturated carbocycles. The Bertz CT molecular complexity index is 1250. The summed E-state index contributed by atoms with van der Waals surface area (Å²) in [5, 5.41) is 7.49. The SMILES string of the molecule is c1ccc([C@H]2N=C(CPCC3=N[C@@H](c4ccccc4)[C@@H](c4ccccc4)N3)N[C@H]2c2ccccc2)cc1. The van der Waals surface area contributed by atoms with Crippen molar-refractivity contribution in [3.63, 3.8) is 0 Å². The van der Waals surface area contributed by atoms with Crippen molar-refractivity contribution in [3.8, 4) is 0 Å². The van der Waals surface area contributed by atoms with E-state index < -0.39 is 0 Å². The number of hydrogen-bond donors (Lipinski definition) is 2. The van der Waals surface area contributed by atoms with Gasteiger partial charge in [0.15, 0.2) is 0 Å². The predicted molar refractivity (Wildman–Crippen MR) is 156 cm³/mol. The van der Waals surface area contributed by atoms with Gasteiger partial charge in [0.05, 0.1) is 12.1 Å². The zero-order valence-corrected chi connectivity index (χ0v) is 21.7. The van der Waals surface area contributed by atoms with Gasteiger partial charge < -0.3 is 10.6 Å². The first kappa shape index (κ1) is 23.6. The summed E-state index contributed by atoms with van der Waals surface area (Å²) >= 11 is 0. The molecule has 0 aliphatic carbocycles. The van der Waals surface area contributed by atoms with E-state index in [1.54, 1.807) is 0 Å². The van der Waals surface area contributed by atoms with Crippen LogP contribution in [0.25, 0.3) is 0 Å². The maximum atomic E-state index is 5.16. The second-order valence-electron chi connectivity index (χ2n) is 9.53. The Hall–Kier alpha value is -3.75. The molecule has 5 heteroatoms. The van der Waals surface area contributed by atoms with Crippen LogP contribution in [0.5, 0.6) is 0 Å². The van der Waals surface area contributed by atoms with E-state index in [-0.39, 0.29) is 24.2 Å². The molecular weight excluding hydrogens is 471 g/mol. The molecule has 2 aliphatic rings. The second-order valence-corrected chi connectivity index (χ2v) is 10.7. The number of rotatable bonds is 8. The van der Waals surface area contributed by atoms with Crippen LogP contribution in [-0.4, -0.2) is 24.0 Å². The third kappa shape index (κ3) is 5.35. The third-order valence-corrected chi connectivity index (χ3v) is 8.22. The first-order chi connectivity index (χ1) is 18.3.